The van der Waals surface area contributed by atoms with Crippen molar-refractivity contribution in [2.75, 3.05) is 0 Å². The van der Waals surface area contributed by atoms with Gasteiger partial charge in [0.2, 0.25) is 0 Å². The Morgan fingerprint density at radius 1 is 1.29 bits per heavy atom. The topological polar surface area (TPSA) is 38.9 Å². The Morgan fingerprint density at radius 3 is 2.79 bits per heavy atom. The third-order valence-electron chi connectivity index (χ3n) is 3.13. The van der Waals surface area contributed by atoms with Gasteiger partial charge in [0.25, 0.3) is 0 Å². The van der Waals surface area contributed by atoms with Crippen LogP contribution >= 0.6 is 0 Å². The van der Waals surface area contributed by atoms with Gasteiger partial charge in [-0.25, -0.2) is 0 Å². The Morgan fingerprint density at radius 2 is 2.07 bits per heavy atom. The summed E-state index contributed by atoms with van der Waals surface area (Å²) in [6.07, 6.45) is 8.75. The lowest BCUT2D eigenvalue weighted by atomic mass is 9.84. The van der Waals surface area contributed by atoms with Crippen LogP contribution in [0.15, 0.2) is 18.3 Å². The molecule has 0 atom stereocenters. The first kappa shape index (κ1) is 9.66. The normalized spacial score (nSPS) is 18.4. The van der Waals surface area contributed by atoms with Crippen LogP contribution in [0.4, 0.5) is 0 Å². The number of aromatic nitrogens is 1. The molecular formula is C12H18N2. The summed E-state index contributed by atoms with van der Waals surface area (Å²) in [5.41, 5.74) is 8.05. The molecule has 2 nitrogen and oxygen atoms in total. The van der Waals surface area contributed by atoms with Crippen molar-refractivity contribution >= 4 is 0 Å². The van der Waals surface area contributed by atoms with E-state index >= 15 is 0 Å². The minimum atomic E-state index is 0.556. The highest BCUT2D eigenvalue weighted by molar-refractivity contribution is 5.21. The van der Waals surface area contributed by atoms with Crippen LogP contribution in [0, 0.1) is 0 Å². The Kier molecular flexibility index (Phi) is 3.14. The van der Waals surface area contributed by atoms with Gasteiger partial charge in [-0.15, -0.1) is 0 Å². The van der Waals surface area contributed by atoms with Crippen molar-refractivity contribution < 1.29 is 0 Å². The molecule has 1 fully saturated rings. The van der Waals surface area contributed by atoms with E-state index in [2.05, 4.69) is 17.1 Å². The van der Waals surface area contributed by atoms with E-state index in [1.165, 1.54) is 37.7 Å². The molecule has 1 heterocycles. The highest BCUT2D eigenvalue weighted by Crippen LogP contribution is 2.32. The molecule has 1 aliphatic rings. The molecule has 0 aromatic carbocycles. The largest absolute Gasteiger partial charge is 0.325 e. The summed E-state index contributed by atoms with van der Waals surface area (Å²) < 4.78 is 0. The first-order chi connectivity index (χ1) is 6.90. The van der Waals surface area contributed by atoms with Crippen LogP contribution in [-0.2, 0) is 6.54 Å². The fourth-order valence-electron chi connectivity index (χ4n) is 2.30. The zero-order valence-corrected chi connectivity index (χ0v) is 8.58. The fraction of sp³-hybridized carbons (Fsp3) is 0.583. The predicted molar refractivity (Wildman–Crippen MR) is 58.0 cm³/mol. The second-order valence-corrected chi connectivity index (χ2v) is 4.12. The smallest absolute Gasteiger partial charge is 0.0542 e. The van der Waals surface area contributed by atoms with E-state index in [0.29, 0.717) is 6.54 Å². The minimum absolute atomic E-state index is 0.556. The van der Waals surface area contributed by atoms with Gasteiger partial charge < -0.3 is 5.73 Å². The molecule has 2 rings (SSSR count). The molecule has 1 aromatic heterocycles. The maximum Gasteiger partial charge on any atom is 0.0542 e. The van der Waals surface area contributed by atoms with Crippen molar-refractivity contribution in [2.24, 2.45) is 5.73 Å². The van der Waals surface area contributed by atoms with Gasteiger partial charge >= 0.3 is 0 Å². The molecule has 0 radical (unpaired) electrons. The zero-order valence-electron chi connectivity index (χ0n) is 8.58. The molecule has 1 aromatic rings. The molecule has 0 amide bonds. The van der Waals surface area contributed by atoms with Gasteiger partial charge in [-0.3, -0.25) is 4.98 Å². The summed E-state index contributed by atoms with van der Waals surface area (Å²) in [6.45, 7) is 0.556. The van der Waals surface area contributed by atoms with E-state index < -0.39 is 0 Å². The molecule has 2 N–H and O–H groups in total. The van der Waals surface area contributed by atoms with E-state index in [9.17, 15) is 0 Å². The molecule has 76 valence electrons. The lowest BCUT2D eigenvalue weighted by Crippen LogP contribution is -2.06. The number of nitrogens with zero attached hydrogens (tertiary/aromatic N) is 1. The molecule has 2 heteroatoms. The third kappa shape index (κ3) is 2.13. The number of nitrogens with two attached hydrogens (primary N) is 1. The summed E-state index contributed by atoms with van der Waals surface area (Å²) in [7, 11) is 0. The van der Waals surface area contributed by atoms with Crippen molar-refractivity contribution in [1.82, 2.24) is 4.98 Å². The predicted octanol–water partition coefficient (Wildman–Crippen LogP) is 2.59. The second kappa shape index (κ2) is 4.56. The number of hydrogen-bond acceptors (Lipinski definition) is 2. The molecule has 0 unspecified atom stereocenters. The van der Waals surface area contributed by atoms with E-state index in [4.69, 9.17) is 5.73 Å². The summed E-state index contributed by atoms with van der Waals surface area (Å²) in [6, 6.07) is 4.32. The van der Waals surface area contributed by atoms with Crippen molar-refractivity contribution in [1.29, 1.82) is 0 Å². The van der Waals surface area contributed by atoms with Gasteiger partial charge in [0.05, 0.1) is 5.69 Å². The highest BCUT2D eigenvalue weighted by atomic mass is 14.7. The molecule has 0 saturated heterocycles. The average molecular weight is 190 g/mol. The van der Waals surface area contributed by atoms with Crippen LogP contribution in [0.2, 0.25) is 0 Å². The Labute approximate surface area is 85.5 Å². The van der Waals surface area contributed by atoms with Gasteiger partial charge in [-0.05, 0) is 36.5 Å². The number of rotatable bonds is 2. The molecule has 1 saturated carbocycles. The maximum atomic E-state index is 5.59. The molecular weight excluding hydrogens is 172 g/mol. The number of pyridine rings is 1. The van der Waals surface area contributed by atoms with Gasteiger partial charge in [-0.2, -0.15) is 0 Å². The molecule has 0 bridgehead atoms. The molecule has 14 heavy (non-hydrogen) atoms. The van der Waals surface area contributed by atoms with Crippen LogP contribution in [0.5, 0.6) is 0 Å². The Balaban J connectivity index is 2.13. The first-order valence-electron chi connectivity index (χ1n) is 5.55. The summed E-state index contributed by atoms with van der Waals surface area (Å²) in [4.78, 5) is 4.23. The van der Waals surface area contributed by atoms with Gasteiger partial charge in [0.15, 0.2) is 0 Å². The van der Waals surface area contributed by atoms with Crippen LogP contribution < -0.4 is 5.73 Å². The van der Waals surface area contributed by atoms with Crippen LogP contribution in [0.25, 0.3) is 0 Å². The quantitative estimate of drug-likeness (QED) is 0.778. The fourth-order valence-corrected chi connectivity index (χ4v) is 2.30. The lowest BCUT2D eigenvalue weighted by molar-refractivity contribution is 0.443. The maximum absolute atomic E-state index is 5.59. The van der Waals surface area contributed by atoms with E-state index in [-0.39, 0.29) is 0 Å². The molecule has 1 aliphatic carbocycles. The lowest BCUT2D eigenvalue weighted by Gasteiger charge is -2.22. The van der Waals surface area contributed by atoms with Crippen molar-refractivity contribution in [3.8, 4) is 0 Å². The monoisotopic (exact) mass is 190 g/mol. The zero-order chi connectivity index (χ0) is 9.80. The van der Waals surface area contributed by atoms with Gasteiger partial charge in [0, 0.05) is 12.7 Å². The molecule has 0 spiro atoms. The SMILES string of the molecule is NCc1cc(C2CCCCC2)ccn1. The summed E-state index contributed by atoms with van der Waals surface area (Å²) in [5.74, 6) is 0.761. The Hall–Kier alpha value is -0.890. The minimum Gasteiger partial charge on any atom is -0.325 e. The van der Waals surface area contributed by atoms with Crippen LogP contribution in [0.3, 0.4) is 0 Å². The van der Waals surface area contributed by atoms with Crippen molar-refractivity contribution in [3.63, 3.8) is 0 Å². The highest BCUT2D eigenvalue weighted by Gasteiger charge is 2.15. The molecule has 0 aliphatic heterocycles. The summed E-state index contributed by atoms with van der Waals surface area (Å²) >= 11 is 0. The van der Waals surface area contributed by atoms with E-state index in [0.717, 1.165) is 11.6 Å². The average Bonchev–Trinajstić information content (AvgIpc) is 2.30. The third-order valence-corrected chi connectivity index (χ3v) is 3.13. The van der Waals surface area contributed by atoms with Gasteiger partial charge in [0.1, 0.15) is 0 Å². The second-order valence-electron chi connectivity index (χ2n) is 4.12. The van der Waals surface area contributed by atoms with Crippen LogP contribution in [-0.4, -0.2) is 4.98 Å². The van der Waals surface area contributed by atoms with E-state index in [1.54, 1.807) is 0 Å². The van der Waals surface area contributed by atoms with E-state index in [1.807, 2.05) is 6.20 Å². The van der Waals surface area contributed by atoms with Crippen LogP contribution in [0.1, 0.15) is 49.3 Å². The summed E-state index contributed by atoms with van der Waals surface area (Å²) in [5, 5.41) is 0. The van der Waals surface area contributed by atoms with Crippen molar-refractivity contribution in [3.05, 3.63) is 29.6 Å². The standard InChI is InChI=1S/C12H18N2/c13-9-12-8-11(6-7-14-12)10-4-2-1-3-5-10/h6-8,10H,1-5,9,13H2. The van der Waals surface area contributed by atoms with Crippen molar-refractivity contribution in [2.45, 2.75) is 44.6 Å². The van der Waals surface area contributed by atoms with Gasteiger partial charge in [-0.1, -0.05) is 19.3 Å². The number of hydrogen-bond donors (Lipinski definition) is 1. The first-order valence-corrected chi connectivity index (χ1v) is 5.55. The Bertz CT molecular complexity index is 290.